The molecular weight excluding hydrogens is 428 g/mol. The van der Waals surface area contributed by atoms with Gasteiger partial charge < -0.3 is 14.8 Å². The maximum atomic E-state index is 14.0. The van der Waals surface area contributed by atoms with E-state index in [1.165, 1.54) is 11.0 Å². The fourth-order valence-electron chi connectivity index (χ4n) is 3.96. The summed E-state index contributed by atoms with van der Waals surface area (Å²) in [6.07, 6.45) is 0.807. The molecular formula is C24H33F2N5O2. The normalized spacial score (nSPS) is 17.8. The molecule has 0 aliphatic carbocycles. The number of nitrogens with one attached hydrogen (secondary N) is 1. The van der Waals surface area contributed by atoms with Gasteiger partial charge in [-0.3, -0.25) is 14.5 Å². The van der Waals surface area contributed by atoms with Gasteiger partial charge in [-0.1, -0.05) is 20.8 Å². The van der Waals surface area contributed by atoms with Crippen molar-refractivity contribution < 1.29 is 18.4 Å². The Morgan fingerprint density at radius 1 is 1.21 bits per heavy atom. The minimum Gasteiger partial charge on any atom is -0.347 e. The van der Waals surface area contributed by atoms with Gasteiger partial charge in [-0.05, 0) is 44.0 Å². The monoisotopic (exact) mass is 461 g/mol. The number of hydrogen-bond acceptors (Lipinski definition) is 4. The van der Waals surface area contributed by atoms with Crippen LogP contribution in [0.25, 0.3) is 11.4 Å². The number of carbonyl (C=O) groups is 2. The maximum Gasteiger partial charge on any atom is 0.272 e. The van der Waals surface area contributed by atoms with Crippen molar-refractivity contribution in [1.82, 2.24) is 24.7 Å². The predicted molar refractivity (Wildman–Crippen MR) is 123 cm³/mol. The molecule has 2 heterocycles. The number of nitrogens with zero attached hydrogens (tertiary/aromatic N) is 4. The molecule has 0 saturated carbocycles. The summed E-state index contributed by atoms with van der Waals surface area (Å²) in [7, 11) is 5.26. The van der Waals surface area contributed by atoms with E-state index in [0.29, 0.717) is 30.2 Å². The Balaban J connectivity index is 2.09. The van der Waals surface area contributed by atoms with Gasteiger partial charge in [0.2, 0.25) is 5.91 Å². The van der Waals surface area contributed by atoms with Gasteiger partial charge in [0.1, 0.15) is 11.9 Å². The third-order valence-electron chi connectivity index (χ3n) is 6.22. The summed E-state index contributed by atoms with van der Waals surface area (Å²) in [4.78, 5) is 34.4. The Morgan fingerprint density at radius 2 is 1.88 bits per heavy atom. The molecule has 180 valence electrons. The summed E-state index contributed by atoms with van der Waals surface area (Å²) in [5, 5.41) is 2.88. The molecule has 2 unspecified atom stereocenters. The third kappa shape index (κ3) is 5.08. The number of benzene rings is 1. The summed E-state index contributed by atoms with van der Waals surface area (Å²) in [6, 6.07) is 3.12. The van der Waals surface area contributed by atoms with E-state index < -0.39 is 29.0 Å². The molecule has 0 radical (unpaired) electrons. The van der Waals surface area contributed by atoms with E-state index >= 15 is 0 Å². The summed E-state index contributed by atoms with van der Waals surface area (Å²) >= 11 is 0. The highest BCUT2D eigenvalue weighted by molar-refractivity contribution is 5.97. The zero-order chi connectivity index (χ0) is 24.7. The summed E-state index contributed by atoms with van der Waals surface area (Å²) in [5.41, 5.74) is 0.741. The molecule has 2 amide bonds. The van der Waals surface area contributed by atoms with Crippen LogP contribution in [0.4, 0.5) is 8.78 Å². The molecule has 0 bridgehead atoms. The highest BCUT2D eigenvalue weighted by atomic mass is 19.2. The van der Waals surface area contributed by atoms with Crippen molar-refractivity contribution in [1.29, 1.82) is 0 Å². The standard InChI is InChI=1S/C24H33F2N5O2/c1-14-10-11-31-18(13-30(14)7)19(27-21(31)15-8-9-16(25)17(26)12-15)22(32)28-20(24(2,3)4)23(33)29(5)6/h8-9,12,14,20H,10-11,13H2,1-7H3,(H,28,32). The van der Waals surface area contributed by atoms with Crippen LogP contribution in [0.5, 0.6) is 0 Å². The first kappa shape index (κ1) is 24.8. The van der Waals surface area contributed by atoms with Crippen LogP contribution in [-0.4, -0.2) is 64.4 Å². The van der Waals surface area contributed by atoms with E-state index in [9.17, 15) is 18.4 Å². The molecule has 0 spiro atoms. The van der Waals surface area contributed by atoms with Crippen LogP contribution >= 0.6 is 0 Å². The van der Waals surface area contributed by atoms with Crippen LogP contribution in [0, 0.1) is 17.0 Å². The second-order valence-corrected chi connectivity index (χ2v) is 10.1. The Bertz CT molecular complexity index is 1060. The van der Waals surface area contributed by atoms with Gasteiger partial charge >= 0.3 is 0 Å². The molecule has 1 aliphatic rings. The minimum atomic E-state index is -0.973. The lowest BCUT2D eigenvalue weighted by atomic mass is 9.85. The van der Waals surface area contributed by atoms with Crippen molar-refractivity contribution in [3.8, 4) is 11.4 Å². The number of likely N-dealkylation sites (N-methyl/N-ethyl adjacent to an activating group) is 1. The molecule has 9 heteroatoms. The lowest BCUT2D eigenvalue weighted by Gasteiger charge is -2.32. The molecule has 1 N–H and O–H groups in total. The molecule has 1 aliphatic heterocycles. The largest absolute Gasteiger partial charge is 0.347 e. The van der Waals surface area contributed by atoms with E-state index in [-0.39, 0.29) is 17.6 Å². The molecule has 7 nitrogen and oxygen atoms in total. The van der Waals surface area contributed by atoms with Crippen LogP contribution in [-0.2, 0) is 17.9 Å². The molecule has 0 fully saturated rings. The smallest absolute Gasteiger partial charge is 0.272 e. The van der Waals surface area contributed by atoms with Gasteiger partial charge in [0.05, 0.1) is 5.69 Å². The molecule has 1 aromatic heterocycles. The van der Waals surface area contributed by atoms with Crippen LogP contribution in [0.2, 0.25) is 0 Å². The average Bonchev–Trinajstić information content (AvgIpc) is 3.01. The zero-order valence-corrected chi connectivity index (χ0v) is 20.4. The first-order chi connectivity index (χ1) is 15.3. The van der Waals surface area contributed by atoms with Crippen molar-refractivity contribution in [2.75, 3.05) is 21.1 Å². The highest BCUT2D eigenvalue weighted by Gasteiger charge is 2.36. The second-order valence-electron chi connectivity index (χ2n) is 10.1. The lowest BCUT2D eigenvalue weighted by Crippen LogP contribution is -2.53. The van der Waals surface area contributed by atoms with Crippen molar-refractivity contribution in [3.05, 3.63) is 41.2 Å². The van der Waals surface area contributed by atoms with Gasteiger partial charge in [-0.25, -0.2) is 13.8 Å². The molecule has 2 atom stereocenters. The van der Waals surface area contributed by atoms with Crippen LogP contribution < -0.4 is 5.32 Å². The first-order valence-electron chi connectivity index (χ1n) is 11.1. The number of carbonyl (C=O) groups excluding carboxylic acids is 2. The molecule has 1 aromatic carbocycles. The van der Waals surface area contributed by atoms with E-state index in [4.69, 9.17) is 0 Å². The third-order valence-corrected chi connectivity index (χ3v) is 6.22. The fraction of sp³-hybridized carbons (Fsp3) is 0.542. The Kier molecular flexibility index (Phi) is 6.93. The summed E-state index contributed by atoms with van der Waals surface area (Å²) in [6.45, 7) is 8.79. The van der Waals surface area contributed by atoms with Crippen LogP contribution in [0.3, 0.4) is 0 Å². The lowest BCUT2D eigenvalue weighted by molar-refractivity contribution is -0.133. The number of halogens is 2. The Morgan fingerprint density at radius 3 is 2.45 bits per heavy atom. The van der Waals surface area contributed by atoms with Crippen molar-refractivity contribution in [2.24, 2.45) is 5.41 Å². The van der Waals surface area contributed by atoms with Gasteiger partial charge in [-0.15, -0.1) is 0 Å². The topological polar surface area (TPSA) is 70.5 Å². The quantitative estimate of drug-likeness (QED) is 0.759. The van der Waals surface area contributed by atoms with E-state index in [1.807, 2.05) is 32.4 Å². The highest BCUT2D eigenvalue weighted by Crippen LogP contribution is 2.29. The van der Waals surface area contributed by atoms with E-state index in [2.05, 4.69) is 22.1 Å². The number of amides is 2. The summed E-state index contributed by atoms with van der Waals surface area (Å²) < 4.78 is 29.4. The maximum absolute atomic E-state index is 14.0. The predicted octanol–water partition coefficient (Wildman–Crippen LogP) is 3.29. The van der Waals surface area contributed by atoms with Crippen molar-refractivity contribution in [3.63, 3.8) is 0 Å². The Hall–Kier alpha value is -2.81. The van der Waals surface area contributed by atoms with Gasteiger partial charge in [0.25, 0.3) is 5.91 Å². The fourth-order valence-corrected chi connectivity index (χ4v) is 3.96. The molecule has 3 rings (SSSR count). The zero-order valence-electron chi connectivity index (χ0n) is 20.4. The van der Waals surface area contributed by atoms with Gasteiger partial charge in [0.15, 0.2) is 17.3 Å². The van der Waals surface area contributed by atoms with Crippen LogP contribution in [0.15, 0.2) is 18.2 Å². The molecule has 2 aromatic rings. The first-order valence-corrected chi connectivity index (χ1v) is 11.1. The van der Waals surface area contributed by atoms with Crippen LogP contribution in [0.1, 0.15) is 50.3 Å². The summed E-state index contributed by atoms with van der Waals surface area (Å²) in [5.74, 6) is -2.19. The Labute approximate surface area is 193 Å². The van der Waals surface area contributed by atoms with Crippen molar-refractivity contribution >= 4 is 11.8 Å². The number of fused-ring (bicyclic) bond motifs is 1. The molecule has 33 heavy (non-hydrogen) atoms. The average molecular weight is 462 g/mol. The van der Waals surface area contributed by atoms with E-state index in [0.717, 1.165) is 18.6 Å². The second kappa shape index (κ2) is 9.21. The number of hydrogen-bond donors (Lipinski definition) is 1. The number of aromatic nitrogens is 2. The van der Waals surface area contributed by atoms with E-state index in [1.54, 1.807) is 14.1 Å². The van der Waals surface area contributed by atoms with Gasteiger partial charge in [0, 0.05) is 38.8 Å². The SMILES string of the molecule is CC1CCn2c(-c3ccc(F)c(F)c3)nc(C(=O)NC(C(=O)N(C)C)C(C)(C)C)c2CN1C. The number of imidazole rings is 1. The minimum absolute atomic E-state index is 0.191. The number of rotatable bonds is 4. The molecule has 0 saturated heterocycles. The van der Waals surface area contributed by atoms with Gasteiger partial charge in [-0.2, -0.15) is 0 Å². The van der Waals surface area contributed by atoms with Crippen molar-refractivity contribution in [2.45, 2.75) is 59.3 Å².